The zero-order valence-corrected chi connectivity index (χ0v) is 13.6. The van der Waals surface area contributed by atoms with Crippen LogP contribution in [0.4, 0.5) is 15.8 Å². The lowest BCUT2D eigenvalue weighted by Crippen LogP contribution is -2.15. The predicted molar refractivity (Wildman–Crippen MR) is 85.8 cm³/mol. The van der Waals surface area contributed by atoms with Gasteiger partial charge in [-0.3, -0.25) is 4.72 Å². The first kappa shape index (κ1) is 15.3. The average molecular weight is 427 g/mol. The van der Waals surface area contributed by atoms with Gasteiger partial charge in [0.15, 0.2) is 0 Å². The second-order valence-corrected chi connectivity index (χ2v) is 7.17. The van der Waals surface area contributed by atoms with Gasteiger partial charge in [0, 0.05) is 14.3 Å². The molecule has 0 aliphatic heterocycles. The maximum Gasteiger partial charge on any atom is 0.264 e. The third-order valence-electron chi connectivity index (χ3n) is 2.42. The van der Waals surface area contributed by atoms with Gasteiger partial charge in [-0.2, -0.15) is 0 Å². The fraction of sp³-hybridized carbons (Fsp3) is 0. The maximum absolute atomic E-state index is 13.7. The van der Waals surface area contributed by atoms with E-state index in [0.29, 0.717) is 14.3 Å². The number of sulfonamides is 1. The topological polar surface area (TPSA) is 72.2 Å². The van der Waals surface area contributed by atoms with Gasteiger partial charge >= 0.3 is 0 Å². The molecule has 0 unspecified atom stereocenters. The third kappa shape index (κ3) is 3.33. The molecule has 0 aliphatic carbocycles. The van der Waals surface area contributed by atoms with Crippen molar-refractivity contribution in [1.82, 2.24) is 0 Å². The van der Waals surface area contributed by atoms with Crippen molar-refractivity contribution in [3.8, 4) is 0 Å². The Balaban J connectivity index is 2.41. The molecule has 0 saturated heterocycles. The molecule has 4 nitrogen and oxygen atoms in total. The van der Waals surface area contributed by atoms with E-state index in [0.717, 1.165) is 12.1 Å². The van der Waals surface area contributed by atoms with Gasteiger partial charge in [-0.1, -0.05) is 11.6 Å². The molecule has 2 rings (SSSR count). The predicted octanol–water partition coefficient (Wildman–Crippen LogP) is 3.47. The first-order chi connectivity index (χ1) is 9.29. The van der Waals surface area contributed by atoms with Gasteiger partial charge in [-0.25, -0.2) is 12.8 Å². The van der Waals surface area contributed by atoms with Crippen molar-refractivity contribution in [2.75, 3.05) is 10.5 Å². The summed E-state index contributed by atoms with van der Waals surface area (Å²) in [7, 11) is -4.02. The molecule has 2 aromatic carbocycles. The van der Waals surface area contributed by atoms with Gasteiger partial charge in [0.25, 0.3) is 10.0 Å². The molecule has 2 aromatic rings. The van der Waals surface area contributed by atoms with Crippen LogP contribution < -0.4 is 10.5 Å². The minimum Gasteiger partial charge on any atom is -0.399 e. The molecule has 0 atom stereocenters. The van der Waals surface area contributed by atoms with Crippen molar-refractivity contribution >= 4 is 55.6 Å². The van der Waals surface area contributed by atoms with Gasteiger partial charge < -0.3 is 5.73 Å². The second kappa shape index (κ2) is 5.74. The van der Waals surface area contributed by atoms with E-state index in [1.54, 1.807) is 12.1 Å². The Labute approximate surface area is 134 Å². The summed E-state index contributed by atoms with van der Waals surface area (Å²) >= 11 is 7.73. The van der Waals surface area contributed by atoms with Crippen LogP contribution in [0.25, 0.3) is 0 Å². The Morgan fingerprint density at radius 1 is 1.20 bits per heavy atom. The molecule has 0 saturated carbocycles. The van der Waals surface area contributed by atoms with Crippen molar-refractivity contribution < 1.29 is 12.8 Å². The van der Waals surface area contributed by atoms with Crippen LogP contribution in [-0.2, 0) is 10.0 Å². The van der Waals surface area contributed by atoms with Crippen LogP contribution in [0.2, 0.25) is 5.02 Å². The molecule has 0 radical (unpaired) electrons. The number of nitrogens with one attached hydrogen (secondary N) is 1. The molecule has 0 amide bonds. The van der Waals surface area contributed by atoms with Gasteiger partial charge in [0.1, 0.15) is 10.7 Å². The van der Waals surface area contributed by atoms with Crippen molar-refractivity contribution in [1.29, 1.82) is 0 Å². The van der Waals surface area contributed by atoms with E-state index in [4.69, 9.17) is 17.3 Å². The van der Waals surface area contributed by atoms with Gasteiger partial charge in [0.2, 0.25) is 0 Å². The molecule has 3 N–H and O–H groups in total. The lowest BCUT2D eigenvalue weighted by Gasteiger charge is -2.11. The smallest absolute Gasteiger partial charge is 0.264 e. The molecule has 0 spiro atoms. The molecule has 106 valence electrons. The van der Waals surface area contributed by atoms with Crippen molar-refractivity contribution in [2.24, 2.45) is 0 Å². The number of hydrogen-bond donors (Lipinski definition) is 2. The first-order valence-corrected chi connectivity index (χ1v) is 8.26. The zero-order valence-electron chi connectivity index (χ0n) is 9.90. The van der Waals surface area contributed by atoms with Crippen LogP contribution in [0.5, 0.6) is 0 Å². The summed E-state index contributed by atoms with van der Waals surface area (Å²) in [5, 5.41) is 0.482. The van der Waals surface area contributed by atoms with Crippen molar-refractivity contribution in [3.63, 3.8) is 0 Å². The zero-order chi connectivity index (χ0) is 14.9. The summed E-state index contributed by atoms with van der Waals surface area (Å²) < 4.78 is 40.9. The highest BCUT2D eigenvalue weighted by atomic mass is 127. The molecular formula is C12H9ClFIN2O2S. The molecule has 8 heteroatoms. The van der Waals surface area contributed by atoms with E-state index in [9.17, 15) is 12.8 Å². The lowest BCUT2D eigenvalue weighted by atomic mass is 10.3. The van der Waals surface area contributed by atoms with Crippen LogP contribution >= 0.6 is 34.2 Å². The number of hydrogen-bond acceptors (Lipinski definition) is 3. The van der Waals surface area contributed by atoms with Crippen molar-refractivity contribution in [3.05, 3.63) is 50.8 Å². The van der Waals surface area contributed by atoms with Gasteiger partial charge in [0.05, 0.1) is 5.69 Å². The van der Waals surface area contributed by atoms with Gasteiger partial charge in [-0.15, -0.1) is 0 Å². The standard InChI is InChI=1S/C12H9ClFIN2O2S/c13-7-1-3-11(10(15)5-7)17-20(18,19)12-4-2-8(16)6-9(12)14/h1-6,17H,16H2. The molecule has 0 bridgehead atoms. The fourth-order valence-electron chi connectivity index (χ4n) is 1.51. The Hall–Kier alpha value is -1.06. The summed E-state index contributed by atoms with van der Waals surface area (Å²) in [6.45, 7) is 0. The molecule has 0 fully saturated rings. The number of rotatable bonds is 3. The third-order valence-corrected chi connectivity index (χ3v) is 4.95. The Morgan fingerprint density at radius 3 is 2.50 bits per heavy atom. The lowest BCUT2D eigenvalue weighted by molar-refractivity contribution is 0.571. The van der Waals surface area contributed by atoms with Crippen LogP contribution in [-0.4, -0.2) is 8.42 Å². The molecule has 0 aromatic heterocycles. The Kier molecular flexibility index (Phi) is 4.40. The highest BCUT2D eigenvalue weighted by molar-refractivity contribution is 14.1. The van der Waals surface area contributed by atoms with Crippen LogP contribution in [0.15, 0.2) is 41.3 Å². The van der Waals surface area contributed by atoms with E-state index in [1.165, 1.54) is 12.1 Å². The van der Waals surface area contributed by atoms with E-state index in [-0.39, 0.29) is 5.69 Å². The quantitative estimate of drug-likeness (QED) is 0.583. The number of nitrogens with two attached hydrogens (primary N) is 1. The molecular weight excluding hydrogens is 418 g/mol. The highest BCUT2D eigenvalue weighted by Gasteiger charge is 2.20. The second-order valence-electron chi connectivity index (χ2n) is 3.92. The van der Waals surface area contributed by atoms with E-state index in [2.05, 4.69) is 4.72 Å². The summed E-state index contributed by atoms with van der Waals surface area (Å²) in [4.78, 5) is -0.461. The van der Waals surface area contributed by atoms with Crippen molar-refractivity contribution in [2.45, 2.75) is 4.90 Å². The monoisotopic (exact) mass is 426 g/mol. The van der Waals surface area contributed by atoms with E-state index >= 15 is 0 Å². The Bertz CT molecular complexity index is 768. The number of halogens is 3. The number of benzene rings is 2. The van der Waals surface area contributed by atoms with Crippen LogP contribution in [0.1, 0.15) is 0 Å². The van der Waals surface area contributed by atoms with Gasteiger partial charge in [-0.05, 0) is 59.0 Å². The average Bonchev–Trinajstić information content (AvgIpc) is 2.32. The van der Waals surface area contributed by atoms with Crippen LogP contribution in [0, 0.1) is 9.39 Å². The Morgan fingerprint density at radius 2 is 1.90 bits per heavy atom. The summed E-state index contributed by atoms with van der Waals surface area (Å²) in [5.41, 5.74) is 5.87. The van der Waals surface area contributed by atoms with E-state index < -0.39 is 20.7 Å². The minimum atomic E-state index is -4.02. The van der Waals surface area contributed by atoms with E-state index in [1.807, 2.05) is 22.6 Å². The molecule has 20 heavy (non-hydrogen) atoms. The number of nitrogen functional groups attached to an aromatic ring is 1. The summed E-state index contributed by atoms with van der Waals surface area (Å²) in [5.74, 6) is -0.901. The largest absolute Gasteiger partial charge is 0.399 e. The minimum absolute atomic E-state index is 0.155. The summed E-state index contributed by atoms with van der Waals surface area (Å²) in [6, 6.07) is 8.05. The normalized spacial score (nSPS) is 11.3. The summed E-state index contributed by atoms with van der Waals surface area (Å²) in [6.07, 6.45) is 0. The molecule has 0 heterocycles. The maximum atomic E-state index is 13.7. The molecule has 0 aliphatic rings. The number of anilines is 2. The SMILES string of the molecule is Nc1ccc(S(=O)(=O)Nc2ccc(Cl)cc2I)c(F)c1. The van der Waals surface area contributed by atoms with Crippen LogP contribution in [0.3, 0.4) is 0 Å². The highest BCUT2D eigenvalue weighted by Crippen LogP contribution is 2.26. The first-order valence-electron chi connectivity index (χ1n) is 5.32. The fourth-order valence-corrected chi connectivity index (χ4v) is 3.84.